The first kappa shape index (κ1) is 18.5. The van der Waals surface area contributed by atoms with E-state index in [9.17, 15) is 10.1 Å². The maximum absolute atomic E-state index is 12.8. The minimum Gasteiger partial charge on any atom is -0.469 e. The number of carbonyl (C=O) groups is 1. The van der Waals surface area contributed by atoms with Crippen molar-refractivity contribution in [1.82, 2.24) is 15.1 Å². The van der Waals surface area contributed by atoms with Gasteiger partial charge in [-0.1, -0.05) is 31.0 Å². The Morgan fingerprint density at radius 3 is 2.73 bits per heavy atom. The number of rotatable bonds is 5. The minimum atomic E-state index is -0.696. The molecule has 2 aromatic rings. The molecule has 0 radical (unpaired) electrons. The average Bonchev–Trinajstić information content (AvgIpc) is 3.29. The number of nitriles is 1. The SMILES string of the molecule is Cc1occc1-c1nnc(S[C@@H](C)C(=O)N(C)C2(C#N)CCCCC2)o1. The second kappa shape index (κ2) is 7.54. The summed E-state index contributed by atoms with van der Waals surface area (Å²) in [7, 11) is 1.72. The van der Waals surface area contributed by atoms with E-state index < -0.39 is 10.8 Å². The third-order valence-electron chi connectivity index (χ3n) is 4.98. The first-order valence-corrected chi connectivity index (χ1v) is 9.58. The van der Waals surface area contributed by atoms with E-state index in [1.807, 2.05) is 6.92 Å². The maximum Gasteiger partial charge on any atom is 0.277 e. The second-order valence-corrected chi connectivity index (χ2v) is 7.92. The molecule has 1 atom stereocenters. The number of thioether (sulfide) groups is 1. The summed E-state index contributed by atoms with van der Waals surface area (Å²) in [5.74, 6) is 0.965. The topological polar surface area (TPSA) is 96.2 Å². The molecule has 3 rings (SSSR count). The Morgan fingerprint density at radius 2 is 2.12 bits per heavy atom. The Bertz CT molecular complexity index is 817. The van der Waals surface area contributed by atoms with Crippen LogP contribution in [0, 0.1) is 18.3 Å². The van der Waals surface area contributed by atoms with E-state index in [1.54, 1.807) is 31.2 Å². The quantitative estimate of drug-likeness (QED) is 0.734. The maximum atomic E-state index is 12.8. The van der Waals surface area contributed by atoms with Gasteiger partial charge < -0.3 is 13.7 Å². The van der Waals surface area contributed by atoms with E-state index in [0.717, 1.165) is 37.7 Å². The normalized spacial score (nSPS) is 17.5. The molecule has 1 aliphatic rings. The highest BCUT2D eigenvalue weighted by atomic mass is 32.2. The molecule has 0 unspecified atom stereocenters. The fourth-order valence-electron chi connectivity index (χ4n) is 3.32. The first-order valence-electron chi connectivity index (χ1n) is 8.70. The molecule has 0 aliphatic heterocycles. The van der Waals surface area contributed by atoms with Gasteiger partial charge in [0.05, 0.1) is 23.1 Å². The highest BCUT2D eigenvalue weighted by molar-refractivity contribution is 8.00. The van der Waals surface area contributed by atoms with Crippen LogP contribution in [0.15, 0.2) is 26.4 Å². The van der Waals surface area contributed by atoms with Crippen LogP contribution in [0.4, 0.5) is 0 Å². The van der Waals surface area contributed by atoms with Gasteiger partial charge >= 0.3 is 0 Å². The number of carbonyl (C=O) groups excluding carboxylic acids is 1. The van der Waals surface area contributed by atoms with Crippen LogP contribution in [0.3, 0.4) is 0 Å². The van der Waals surface area contributed by atoms with Crippen LogP contribution < -0.4 is 0 Å². The van der Waals surface area contributed by atoms with Crippen molar-refractivity contribution in [3.05, 3.63) is 18.1 Å². The van der Waals surface area contributed by atoms with Gasteiger partial charge in [0.25, 0.3) is 11.1 Å². The third-order valence-corrected chi connectivity index (χ3v) is 5.90. The summed E-state index contributed by atoms with van der Waals surface area (Å²) < 4.78 is 10.9. The predicted molar refractivity (Wildman–Crippen MR) is 96.3 cm³/mol. The average molecular weight is 374 g/mol. The Balaban J connectivity index is 1.69. The van der Waals surface area contributed by atoms with E-state index in [4.69, 9.17) is 8.83 Å². The molecule has 0 aromatic carbocycles. The highest BCUT2D eigenvalue weighted by Crippen LogP contribution is 2.35. The van der Waals surface area contributed by atoms with E-state index in [-0.39, 0.29) is 5.91 Å². The van der Waals surface area contributed by atoms with Crippen molar-refractivity contribution in [3.63, 3.8) is 0 Å². The molecule has 138 valence electrons. The summed E-state index contributed by atoms with van der Waals surface area (Å²) in [5.41, 5.74) is 0.0454. The molecule has 2 heterocycles. The summed E-state index contributed by atoms with van der Waals surface area (Å²) in [4.78, 5) is 14.5. The van der Waals surface area contributed by atoms with E-state index in [1.165, 1.54) is 11.8 Å². The second-order valence-electron chi connectivity index (χ2n) is 6.62. The van der Waals surface area contributed by atoms with Gasteiger partial charge in [-0.15, -0.1) is 10.2 Å². The molecule has 0 N–H and O–H groups in total. The van der Waals surface area contributed by atoms with Crippen molar-refractivity contribution < 1.29 is 13.6 Å². The zero-order valence-corrected chi connectivity index (χ0v) is 16.0. The number of hydrogen-bond donors (Lipinski definition) is 0. The van der Waals surface area contributed by atoms with Crippen LogP contribution >= 0.6 is 11.8 Å². The number of aromatic nitrogens is 2. The molecule has 1 saturated carbocycles. The molecule has 2 aromatic heterocycles. The van der Waals surface area contributed by atoms with Gasteiger partial charge in [-0.25, -0.2) is 0 Å². The van der Waals surface area contributed by atoms with Crippen molar-refractivity contribution >= 4 is 17.7 Å². The summed E-state index contributed by atoms with van der Waals surface area (Å²) in [6.45, 7) is 3.61. The summed E-state index contributed by atoms with van der Waals surface area (Å²) in [6.07, 6.45) is 6.09. The first-order chi connectivity index (χ1) is 12.5. The van der Waals surface area contributed by atoms with E-state index in [0.29, 0.717) is 16.9 Å². The fraction of sp³-hybridized carbons (Fsp3) is 0.556. The Hall–Kier alpha value is -2.27. The zero-order valence-electron chi connectivity index (χ0n) is 15.2. The minimum absolute atomic E-state index is 0.0994. The third kappa shape index (κ3) is 3.49. The summed E-state index contributed by atoms with van der Waals surface area (Å²) in [5, 5.41) is 17.6. The van der Waals surface area contributed by atoms with Crippen LogP contribution in [-0.2, 0) is 4.79 Å². The number of hydrogen-bond acceptors (Lipinski definition) is 7. The summed E-state index contributed by atoms with van der Waals surface area (Å²) >= 11 is 1.21. The zero-order chi connectivity index (χ0) is 18.7. The summed E-state index contributed by atoms with van der Waals surface area (Å²) in [6, 6.07) is 4.14. The molecule has 7 nitrogen and oxygen atoms in total. The van der Waals surface area contributed by atoms with Crippen molar-refractivity contribution in [1.29, 1.82) is 5.26 Å². The molecule has 1 aliphatic carbocycles. The molecule has 0 spiro atoms. The largest absolute Gasteiger partial charge is 0.469 e. The van der Waals surface area contributed by atoms with Gasteiger partial charge in [0.2, 0.25) is 5.91 Å². The van der Waals surface area contributed by atoms with Gasteiger partial charge in [0, 0.05) is 7.05 Å². The monoisotopic (exact) mass is 374 g/mol. The number of amides is 1. The Morgan fingerprint density at radius 1 is 1.38 bits per heavy atom. The van der Waals surface area contributed by atoms with Crippen LogP contribution in [0.5, 0.6) is 0 Å². The van der Waals surface area contributed by atoms with Gasteiger partial charge in [-0.2, -0.15) is 5.26 Å². The molecule has 8 heteroatoms. The standard InChI is InChI=1S/C18H22N4O3S/c1-12-14(7-10-24-12)15-20-21-17(25-15)26-13(2)16(23)22(3)18(11-19)8-5-4-6-9-18/h7,10,13H,4-6,8-9H2,1-3H3/t13-/m0/s1. The molecular formula is C18H22N4O3S. The lowest BCUT2D eigenvalue weighted by Crippen LogP contribution is -2.52. The number of aryl methyl sites for hydroxylation is 1. The van der Waals surface area contributed by atoms with E-state index in [2.05, 4.69) is 16.3 Å². The predicted octanol–water partition coefficient (Wildman–Crippen LogP) is 3.80. The number of furan rings is 1. The van der Waals surface area contributed by atoms with Gasteiger partial charge in [-0.3, -0.25) is 4.79 Å². The Kier molecular flexibility index (Phi) is 5.37. The molecular weight excluding hydrogens is 352 g/mol. The smallest absolute Gasteiger partial charge is 0.277 e. The van der Waals surface area contributed by atoms with Gasteiger partial charge in [-0.05, 0) is 32.8 Å². The van der Waals surface area contributed by atoms with Crippen molar-refractivity contribution in [2.45, 2.75) is 62.0 Å². The molecule has 1 amide bonds. The Labute approximate surface area is 156 Å². The van der Waals surface area contributed by atoms with Crippen LogP contribution in [-0.4, -0.2) is 38.8 Å². The van der Waals surface area contributed by atoms with Crippen LogP contribution in [0.2, 0.25) is 0 Å². The van der Waals surface area contributed by atoms with Crippen molar-refractivity contribution in [3.8, 4) is 17.5 Å². The van der Waals surface area contributed by atoms with Crippen molar-refractivity contribution in [2.75, 3.05) is 7.05 Å². The molecule has 0 bridgehead atoms. The van der Waals surface area contributed by atoms with Gasteiger partial charge in [0.1, 0.15) is 11.3 Å². The number of nitrogens with zero attached hydrogens (tertiary/aromatic N) is 4. The lowest BCUT2D eigenvalue weighted by Gasteiger charge is -2.39. The molecule has 0 saturated heterocycles. The lowest BCUT2D eigenvalue weighted by atomic mass is 9.81. The molecule has 26 heavy (non-hydrogen) atoms. The van der Waals surface area contributed by atoms with Crippen LogP contribution in [0.1, 0.15) is 44.8 Å². The van der Waals surface area contributed by atoms with Crippen LogP contribution in [0.25, 0.3) is 11.5 Å². The van der Waals surface area contributed by atoms with E-state index >= 15 is 0 Å². The lowest BCUT2D eigenvalue weighted by molar-refractivity contribution is -0.133. The molecule has 1 fully saturated rings. The highest BCUT2D eigenvalue weighted by Gasteiger charge is 2.40. The van der Waals surface area contributed by atoms with Crippen molar-refractivity contribution in [2.24, 2.45) is 0 Å². The fourth-order valence-corrected chi connectivity index (χ4v) is 4.09. The van der Waals surface area contributed by atoms with Gasteiger partial charge in [0.15, 0.2) is 0 Å².